The maximum Gasteiger partial charge on any atom is 0.170 e. The number of hydrogen-bond acceptors (Lipinski definition) is 1. The van der Waals surface area contributed by atoms with Gasteiger partial charge in [-0.25, -0.2) is 4.57 Å². The Hall–Kier alpha value is -0.570. The zero-order valence-corrected chi connectivity index (χ0v) is 20.9. The van der Waals surface area contributed by atoms with E-state index in [2.05, 4.69) is 61.7 Å². The predicted molar refractivity (Wildman–Crippen MR) is 120 cm³/mol. The van der Waals surface area contributed by atoms with Gasteiger partial charge in [-0.2, -0.15) is 0 Å². The quantitative estimate of drug-likeness (QED) is 0.253. The summed E-state index contributed by atoms with van der Waals surface area (Å²) >= 11 is 0. The van der Waals surface area contributed by atoms with Crippen molar-refractivity contribution in [3.05, 3.63) is 24.5 Å². The van der Waals surface area contributed by atoms with Crippen molar-refractivity contribution in [1.82, 2.24) is 0 Å². The molecular weight excluding hydrogens is 408 g/mol. The van der Waals surface area contributed by atoms with E-state index in [4.69, 9.17) is 0 Å². The average molecular weight is 456 g/mol. The zero-order valence-electron chi connectivity index (χ0n) is 19.3. The molecule has 0 fully saturated rings. The Morgan fingerprint density at radius 1 is 0.750 bits per heavy atom. The highest BCUT2D eigenvalue weighted by molar-refractivity contribution is 5.43. The fourth-order valence-corrected chi connectivity index (χ4v) is 3.83. The van der Waals surface area contributed by atoms with Gasteiger partial charge in [-0.3, -0.25) is 0 Å². The van der Waals surface area contributed by atoms with Gasteiger partial charge in [0.05, 0.1) is 0 Å². The van der Waals surface area contributed by atoms with Crippen LogP contribution >= 0.6 is 0 Å². The molecule has 1 rings (SSSR count). The Balaban J connectivity index is 0.00000729. The first-order chi connectivity index (χ1) is 13.2. The van der Waals surface area contributed by atoms with E-state index in [0.717, 1.165) is 5.92 Å². The molecule has 0 aliphatic carbocycles. The monoisotopic (exact) mass is 454 g/mol. The number of hydrogen-bond donors (Lipinski definition) is 0. The predicted octanol–water partition coefficient (Wildman–Crippen LogP) is 4.16. The Morgan fingerprint density at radius 3 is 1.75 bits per heavy atom. The maximum absolute atomic E-state index is 2.63. The van der Waals surface area contributed by atoms with Crippen molar-refractivity contribution in [1.29, 1.82) is 0 Å². The molecule has 0 amide bonds. The Labute approximate surface area is 186 Å². The summed E-state index contributed by atoms with van der Waals surface area (Å²) in [6.45, 7) is 12.8. The average Bonchev–Trinajstić information content (AvgIpc) is 2.70. The lowest BCUT2D eigenvalue weighted by Gasteiger charge is -2.24. The van der Waals surface area contributed by atoms with Gasteiger partial charge in [0.1, 0.15) is 0 Å². The van der Waals surface area contributed by atoms with Crippen LogP contribution < -0.4 is 26.4 Å². The zero-order chi connectivity index (χ0) is 19.7. The number of pyridine rings is 1. The van der Waals surface area contributed by atoms with Crippen LogP contribution in [-0.4, -0.2) is 13.1 Å². The molecule has 164 valence electrons. The van der Waals surface area contributed by atoms with Crippen LogP contribution in [-0.2, 0) is 6.54 Å². The fraction of sp³-hybridized carbons (Fsp3) is 0.800. The van der Waals surface area contributed by atoms with Crippen LogP contribution in [0.5, 0.6) is 0 Å². The van der Waals surface area contributed by atoms with Crippen molar-refractivity contribution in [2.75, 3.05) is 18.0 Å². The highest BCUT2D eigenvalue weighted by Gasteiger charge is 2.13. The first-order valence-corrected chi connectivity index (χ1v) is 12.0. The smallest absolute Gasteiger partial charge is 0.170 e. The summed E-state index contributed by atoms with van der Waals surface area (Å²) in [5.74, 6) is 0.819. The van der Waals surface area contributed by atoms with Crippen LogP contribution in [0, 0.1) is 5.92 Å². The van der Waals surface area contributed by atoms with Crippen molar-refractivity contribution >= 4 is 5.69 Å². The number of halogens is 1. The molecule has 0 N–H and O–H groups in total. The lowest BCUT2D eigenvalue weighted by Crippen LogP contribution is -3.00. The molecule has 0 aliphatic heterocycles. The number of unbranched alkanes of at least 4 members (excludes halogenated alkanes) is 7. The summed E-state index contributed by atoms with van der Waals surface area (Å²) in [6, 6.07) is 4.71. The normalized spacial score (nSPS) is 11.9. The van der Waals surface area contributed by atoms with Gasteiger partial charge in [0.2, 0.25) is 0 Å². The molecule has 2 nitrogen and oxygen atoms in total. The van der Waals surface area contributed by atoms with Gasteiger partial charge in [-0.15, -0.1) is 0 Å². The minimum Gasteiger partial charge on any atom is -1.00 e. The summed E-state index contributed by atoms with van der Waals surface area (Å²) in [6.07, 6.45) is 20.7. The Kier molecular flexibility index (Phi) is 18.1. The molecule has 0 bridgehead atoms. The maximum atomic E-state index is 2.63. The van der Waals surface area contributed by atoms with Crippen molar-refractivity contribution < 1.29 is 21.5 Å². The number of anilines is 1. The van der Waals surface area contributed by atoms with Gasteiger partial charge in [0.15, 0.2) is 18.9 Å². The van der Waals surface area contributed by atoms with Crippen LogP contribution in [0.15, 0.2) is 24.5 Å². The second-order valence-corrected chi connectivity index (χ2v) is 8.28. The van der Waals surface area contributed by atoms with Gasteiger partial charge in [-0.1, -0.05) is 79.1 Å². The minimum atomic E-state index is 0. The van der Waals surface area contributed by atoms with Gasteiger partial charge in [-0.05, 0) is 25.7 Å². The largest absolute Gasteiger partial charge is 1.00 e. The molecule has 1 atom stereocenters. The van der Waals surface area contributed by atoms with E-state index in [-0.39, 0.29) is 17.0 Å². The van der Waals surface area contributed by atoms with Crippen LogP contribution in [0.2, 0.25) is 0 Å². The van der Waals surface area contributed by atoms with Crippen LogP contribution in [0.25, 0.3) is 0 Å². The van der Waals surface area contributed by atoms with Crippen LogP contribution in [0.4, 0.5) is 5.69 Å². The second-order valence-electron chi connectivity index (χ2n) is 8.28. The molecule has 0 aromatic carbocycles. The summed E-state index contributed by atoms with van der Waals surface area (Å²) in [7, 11) is 0. The summed E-state index contributed by atoms with van der Waals surface area (Å²) in [5, 5.41) is 0. The first-order valence-electron chi connectivity index (χ1n) is 12.0. The van der Waals surface area contributed by atoms with Gasteiger partial charge < -0.3 is 21.9 Å². The van der Waals surface area contributed by atoms with E-state index < -0.39 is 0 Å². The second kappa shape index (κ2) is 18.5. The molecule has 28 heavy (non-hydrogen) atoms. The standard InChI is InChI=1S/C25H47N2.BrH/c1-5-9-12-14-19-27(20-15-13-10-6-2)25-17-21-26(22-18-25)23-24(8-4)16-11-7-3;/h17-18,21-22,24H,5-16,19-20,23H2,1-4H3;1H/q+1;/p-1. The molecule has 0 saturated carbocycles. The van der Waals surface area contributed by atoms with Gasteiger partial charge >= 0.3 is 0 Å². The molecule has 1 aromatic heterocycles. The van der Waals surface area contributed by atoms with Crippen molar-refractivity contribution in [2.24, 2.45) is 5.92 Å². The SMILES string of the molecule is CCCCCCN(CCCCCC)c1cc[n+](CC(CC)CCCC)cc1.[Br-]. The number of rotatable bonds is 17. The van der Waals surface area contributed by atoms with Crippen molar-refractivity contribution in [2.45, 2.75) is 111 Å². The first kappa shape index (κ1) is 27.4. The third-order valence-electron chi connectivity index (χ3n) is 5.81. The van der Waals surface area contributed by atoms with E-state index >= 15 is 0 Å². The van der Waals surface area contributed by atoms with Crippen LogP contribution in [0.3, 0.4) is 0 Å². The molecule has 3 heteroatoms. The molecule has 1 heterocycles. The third-order valence-corrected chi connectivity index (χ3v) is 5.81. The minimum absolute atomic E-state index is 0. The molecule has 1 aromatic rings. The van der Waals surface area contributed by atoms with Gasteiger partial charge in [0.25, 0.3) is 0 Å². The highest BCUT2D eigenvalue weighted by Crippen LogP contribution is 2.17. The van der Waals surface area contributed by atoms with E-state index in [1.165, 1.54) is 102 Å². The van der Waals surface area contributed by atoms with Crippen molar-refractivity contribution in [3.63, 3.8) is 0 Å². The topological polar surface area (TPSA) is 7.12 Å². The molecular formula is C25H47BrN2. The molecule has 1 unspecified atom stereocenters. The number of aromatic nitrogens is 1. The van der Waals surface area contributed by atoms with Gasteiger partial charge in [0, 0.05) is 36.8 Å². The molecule has 0 aliphatic rings. The Morgan fingerprint density at radius 2 is 1.29 bits per heavy atom. The van der Waals surface area contributed by atoms with E-state index in [1.807, 2.05) is 0 Å². The van der Waals surface area contributed by atoms with Crippen molar-refractivity contribution in [3.8, 4) is 0 Å². The van der Waals surface area contributed by atoms with Crippen LogP contribution in [0.1, 0.15) is 105 Å². The Bertz CT molecular complexity index is 434. The third kappa shape index (κ3) is 12.1. The fourth-order valence-electron chi connectivity index (χ4n) is 3.83. The lowest BCUT2D eigenvalue weighted by molar-refractivity contribution is -0.703. The van der Waals surface area contributed by atoms with E-state index in [9.17, 15) is 0 Å². The summed E-state index contributed by atoms with van der Waals surface area (Å²) in [5.41, 5.74) is 1.42. The summed E-state index contributed by atoms with van der Waals surface area (Å²) in [4.78, 5) is 2.63. The number of nitrogens with zero attached hydrogens (tertiary/aromatic N) is 2. The molecule has 0 spiro atoms. The lowest BCUT2D eigenvalue weighted by atomic mass is 9.99. The molecule has 0 radical (unpaired) electrons. The van der Waals surface area contributed by atoms with E-state index in [0.29, 0.717) is 0 Å². The summed E-state index contributed by atoms with van der Waals surface area (Å²) < 4.78 is 2.40. The molecule has 0 saturated heterocycles. The highest BCUT2D eigenvalue weighted by atomic mass is 79.9. The van der Waals surface area contributed by atoms with E-state index in [1.54, 1.807) is 0 Å².